The van der Waals surface area contributed by atoms with Crippen LogP contribution in [0.2, 0.25) is 0 Å². The maximum absolute atomic E-state index is 12.0. The van der Waals surface area contributed by atoms with Gasteiger partial charge in [0.05, 0.1) is 13.0 Å². The van der Waals surface area contributed by atoms with E-state index in [4.69, 9.17) is 0 Å². The van der Waals surface area contributed by atoms with E-state index in [9.17, 15) is 8.42 Å². The first-order chi connectivity index (χ1) is 16.7. The lowest BCUT2D eigenvalue weighted by Crippen LogP contribution is -2.30. The maximum atomic E-state index is 12.0. The first kappa shape index (κ1) is 37.5. The number of nitrogens with zero attached hydrogens (tertiary/aromatic N) is 1. The third-order valence-electron chi connectivity index (χ3n) is 4.76. The molecule has 2 N–H and O–H groups in total. The molecule has 0 fully saturated rings. The van der Waals surface area contributed by atoms with Gasteiger partial charge in [-0.25, -0.2) is 4.83 Å². The molecule has 0 amide bonds. The van der Waals surface area contributed by atoms with Crippen molar-refractivity contribution in [3.63, 3.8) is 0 Å². The Morgan fingerprint density at radius 2 is 1.44 bits per heavy atom. The average molecular weight is 1080 g/mol. The molecule has 0 saturated carbocycles. The smallest absolute Gasteiger partial charge is 0.276 e. The first-order valence-corrected chi connectivity index (χ1v) is 18.7. The molecule has 0 bridgehead atoms. The van der Waals surface area contributed by atoms with Crippen LogP contribution in [-0.4, -0.2) is 22.0 Å². The van der Waals surface area contributed by atoms with Crippen LogP contribution in [0.3, 0.4) is 0 Å². The highest BCUT2D eigenvalue weighted by Gasteiger charge is 2.12. The molecule has 0 spiro atoms. The summed E-state index contributed by atoms with van der Waals surface area (Å²) in [6.07, 6.45) is 4.00. The van der Waals surface area contributed by atoms with Crippen molar-refractivity contribution in [2.75, 3.05) is 0 Å². The van der Waals surface area contributed by atoms with Crippen LogP contribution in [0.4, 0.5) is 0 Å². The van der Waals surface area contributed by atoms with E-state index in [1.54, 1.807) is 18.2 Å². The molecule has 204 valence electrons. The molecule has 0 saturated heterocycles. The molecule has 0 aromatic heterocycles. The second-order valence-electron chi connectivity index (χ2n) is 8.09. The lowest BCUT2D eigenvalue weighted by atomic mass is 10.1. The number of nitrogens with one attached hydrogen (secondary N) is 2. The summed E-state index contributed by atoms with van der Waals surface area (Å²) in [5.41, 5.74) is 2.01. The highest BCUT2D eigenvalue weighted by Crippen LogP contribution is 2.38. The summed E-state index contributed by atoms with van der Waals surface area (Å²) in [6.45, 7) is 11.7. The van der Waals surface area contributed by atoms with Gasteiger partial charge in [0.1, 0.15) is -0.565 Å². The molecule has 1 unspecified atom stereocenters. The van der Waals surface area contributed by atoms with E-state index in [-0.39, 0.29) is 4.90 Å². The van der Waals surface area contributed by atoms with Crippen molar-refractivity contribution in [3.05, 3.63) is 65.7 Å². The zero-order chi connectivity index (χ0) is 27.8. The maximum Gasteiger partial charge on any atom is 0.276 e. The first-order valence-electron chi connectivity index (χ1n) is 11.5. The molecule has 0 aliphatic carbocycles. The van der Waals surface area contributed by atoms with Crippen LogP contribution in [0.25, 0.3) is 0 Å². The Kier molecular flexibility index (Phi) is 21.2. The molecular weight excluding hydrogens is 1040 g/mol. The summed E-state index contributed by atoms with van der Waals surface area (Å²) in [7, 11) is -3.62. The van der Waals surface area contributed by atoms with Gasteiger partial charge in [-0.2, -0.15) is 13.5 Å². The van der Waals surface area contributed by atoms with Crippen LogP contribution >= 0.6 is 113 Å². The predicted molar refractivity (Wildman–Crippen MR) is 199 cm³/mol. The van der Waals surface area contributed by atoms with Gasteiger partial charge in [0.15, 0.2) is 0 Å². The minimum atomic E-state index is -3.62. The summed E-state index contributed by atoms with van der Waals surface area (Å²) < 4.78 is 25.4. The van der Waals surface area contributed by atoms with Crippen molar-refractivity contribution < 1.29 is 8.42 Å². The van der Waals surface area contributed by atoms with E-state index in [0.29, 0.717) is 11.4 Å². The SMILES string of the molecule is CC(C)C(C)NCc1ccc(C=NNS(=O)(=O)c2ccccc2)cc1.CCC(I)(I)I.CCC(I)I. The molecule has 0 aliphatic rings. The van der Waals surface area contributed by atoms with Crippen molar-refractivity contribution in [3.8, 4) is 0 Å². The number of hydrogen-bond acceptors (Lipinski definition) is 4. The zero-order valence-corrected chi connectivity index (χ0v) is 32.8. The van der Waals surface area contributed by atoms with Crippen molar-refractivity contribution in [1.29, 1.82) is 0 Å². The van der Waals surface area contributed by atoms with Gasteiger partial charge in [-0.05, 0) is 48.9 Å². The summed E-state index contributed by atoms with van der Waals surface area (Å²) in [5, 5.41) is 7.31. The molecule has 0 aliphatic heterocycles. The summed E-state index contributed by atoms with van der Waals surface area (Å²) in [4.78, 5) is 2.41. The van der Waals surface area contributed by atoms with Gasteiger partial charge in [0.25, 0.3) is 10.0 Å². The fourth-order valence-electron chi connectivity index (χ4n) is 2.06. The van der Waals surface area contributed by atoms with E-state index in [1.165, 1.54) is 36.8 Å². The van der Waals surface area contributed by atoms with Gasteiger partial charge in [0, 0.05) is 12.6 Å². The zero-order valence-electron chi connectivity index (χ0n) is 21.2. The Labute approximate surface area is 286 Å². The number of hydrazone groups is 1. The lowest BCUT2D eigenvalue weighted by molar-refractivity contribution is 0.426. The van der Waals surface area contributed by atoms with Gasteiger partial charge in [-0.15, -0.1) is 0 Å². The third kappa shape index (κ3) is 19.5. The monoisotopic (exact) mass is 1080 g/mol. The molecule has 2 aromatic rings. The number of rotatable bonds is 10. The standard InChI is InChI=1S/C19H25N3O2S.C3H5I3.C3H6I2/c1-15(2)16(3)20-13-17-9-11-18(12-10-17)14-21-22-25(23,24)19-7-5-4-6-8-19;1-2-3(4,5)6;1-2-3(4)5/h4-12,14-16,20,22H,13H2,1-3H3;2H2,1H3;3H,2H2,1H3. The largest absolute Gasteiger partial charge is 0.310 e. The molecule has 0 radical (unpaired) electrons. The van der Waals surface area contributed by atoms with Crippen LogP contribution in [0.5, 0.6) is 0 Å². The average Bonchev–Trinajstić information content (AvgIpc) is 2.84. The quantitative estimate of drug-likeness (QED) is 0.108. The van der Waals surface area contributed by atoms with Gasteiger partial charge < -0.3 is 5.32 Å². The van der Waals surface area contributed by atoms with E-state index >= 15 is 0 Å². The number of benzene rings is 2. The van der Waals surface area contributed by atoms with E-state index in [2.05, 4.69) is 163 Å². The number of alkyl halides is 5. The van der Waals surface area contributed by atoms with Gasteiger partial charge >= 0.3 is 0 Å². The molecule has 1 atom stereocenters. The molecule has 36 heavy (non-hydrogen) atoms. The minimum Gasteiger partial charge on any atom is -0.310 e. The van der Waals surface area contributed by atoms with Gasteiger partial charge in [0.2, 0.25) is 0 Å². The van der Waals surface area contributed by atoms with E-state index in [1.807, 2.05) is 24.3 Å². The van der Waals surface area contributed by atoms with E-state index < -0.39 is 10.0 Å². The molecule has 2 rings (SSSR count). The van der Waals surface area contributed by atoms with Crippen molar-refractivity contribution in [1.82, 2.24) is 10.1 Å². The Balaban J connectivity index is 0.000000931. The van der Waals surface area contributed by atoms with Crippen molar-refractivity contribution in [2.24, 2.45) is 11.0 Å². The second-order valence-corrected chi connectivity index (χ2v) is 26.9. The van der Waals surface area contributed by atoms with Crippen LogP contribution in [0.1, 0.15) is 58.6 Å². The second kappa shape index (κ2) is 20.4. The molecule has 2 aromatic carbocycles. The van der Waals surface area contributed by atoms with Crippen molar-refractivity contribution in [2.45, 2.75) is 66.3 Å². The van der Waals surface area contributed by atoms with Crippen LogP contribution in [-0.2, 0) is 16.6 Å². The normalized spacial score (nSPS) is 12.6. The molecular formula is C25H36I5N3O2S. The summed E-state index contributed by atoms with van der Waals surface area (Å²) >= 11 is 12.0. The van der Waals surface area contributed by atoms with Crippen molar-refractivity contribution >= 4 is 129 Å². The number of hydrogen-bond donors (Lipinski definition) is 2. The minimum absolute atomic E-state index is 0.188. The Bertz CT molecular complexity index is 965. The van der Waals surface area contributed by atoms with Crippen LogP contribution < -0.4 is 10.1 Å². The predicted octanol–water partition coefficient (Wildman–Crippen LogP) is 9.08. The van der Waals surface area contributed by atoms with Crippen LogP contribution in [0, 0.1) is 5.92 Å². The highest BCUT2D eigenvalue weighted by atomic mass is 127. The van der Waals surface area contributed by atoms with Gasteiger partial charge in [-0.3, -0.25) is 0 Å². The summed E-state index contributed by atoms with van der Waals surface area (Å²) in [5.74, 6) is 0.587. The topological polar surface area (TPSA) is 70.6 Å². The highest BCUT2D eigenvalue weighted by molar-refractivity contribution is 14.3. The number of halogens is 5. The van der Waals surface area contributed by atoms with Gasteiger partial charge in [-0.1, -0.05) is 183 Å². The molecule has 11 heteroatoms. The summed E-state index contributed by atoms with van der Waals surface area (Å²) in [6, 6.07) is 16.5. The molecule has 0 heterocycles. The fraction of sp³-hybridized carbons (Fsp3) is 0.480. The Morgan fingerprint density at radius 3 is 1.86 bits per heavy atom. The number of sulfonamides is 1. The van der Waals surface area contributed by atoms with Crippen LogP contribution in [0.15, 0.2) is 64.6 Å². The lowest BCUT2D eigenvalue weighted by Gasteiger charge is -2.17. The fourth-order valence-corrected chi connectivity index (χ4v) is 2.87. The van der Waals surface area contributed by atoms with E-state index in [0.717, 1.165) is 14.0 Å². The Morgan fingerprint density at radius 1 is 0.944 bits per heavy atom. The Hall–Kier alpha value is 1.47. The molecule has 5 nitrogen and oxygen atoms in total. The third-order valence-corrected chi connectivity index (χ3v) is 10.0.